The molecule has 0 spiro atoms. The first-order valence-electron chi connectivity index (χ1n) is 6.74. The molecular weight excluding hydrogens is 229 g/mol. The van der Waals surface area contributed by atoms with Crippen LogP contribution in [0.5, 0.6) is 0 Å². The number of unbranched alkanes of at least 4 members (excludes halogenated alkanes) is 9. The van der Waals surface area contributed by atoms with Gasteiger partial charge in [-0.05, 0) is 12.8 Å². The van der Waals surface area contributed by atoms with Gasteiger partial charge in [0.2, 0.25) is 0 Å². The summed E-state index contributed by atoms with van der Waals surface area (Å²) in [5.41, 5.74) is 0. The summed E-state index contributed by atoms with van der Waals surface area (Å²) in [5, 5.41) is 8.57. The van der Waals surface area contributed by atoms with Gasteiger partial charge in [0, 0.05) is 13.0 Å². The van der Waals surface area contributed by atoms with Crippen LogP contribution in [0.3, 0.4) is 0 Å². The van der Waals surface area contributed by atoms with Gasteiger partial charge in [-0.3, -0.25) is 0 Å². The third kappa shape index (κ3) is 15.8. The van der Waals surface area contributed by atoms with Gasteiger partial charge in [0.05, 0.1) is 0 Å². The highest BCUT2D eigenvalue weighted by Gasteiger charge is 2.25. The quantitative estimate of drug-likeness (QED) is 0.523. The molecule has 0 amide bonds. The average molecular weight is 254 g/mol. The molecule has 1 nitrogen and oxygen atoms in total. The molecule has 0 heterocycles. The van der Waals surface area contributed by atoms with E-state index < -0.39 is 12.6 Å². The van der Waals surface area contributed by atoms with Crippen LogP contribution in [0.4, 0.5) is 13.2 Å². The second-order valence-electron chi connectivity index (χ2n) is 4.62. The number of hydrogen-bond donors (Lipinski definition) is 1. The molecule has 0 saturated carbocycles. The minimum Gasteiger partial charge on any atom is -0.396 e. The first-order valence-corrected chi connectivity index (χ1v) is 6.74. The van der Waals surface area contributed by atoms with Crippen molar-refractivity contribution in [1.82, 2.24) is 0 Å². The Balaban J connectivity index is 2.99. The molecule has 0 saturated heterocycles. The lowest BCUT2D eigenvalue weighted by Gasteiger charge is -2.05. The molecule has 0 aromatic heterocycles. The van der Waals surface area contributed by atoms with Crippen molar-refractivity contribution in [3.63, 3.8) is 0 Å². The van der Waals surface area contributed by atoms with Gasteiger partial charge >= 0.3 is 6.18 Å². The standard InChI is InChI=1S/C13H25F3O/c14-13(15,16)11-9-7-5-3-1-2-4-6-8-10-12-17/h17H,1-12H2. The summed E-state index contributed by atoms with van der Waals surface area (Å²) in [4.78, 5) is 0. The fraction of sp³-hybridized carbons (Fsp3) is 1.00. The number of rotatable bonds is 11. The number of hydrogen-bond acceptors (Lipinski definition) is 1. The molecule has 0 aromatic rings. The van der Waals surface area contributed by atoms with Crippen molar-refractivity contribution in [2.75, 3.05) is 6.61 Å². The molecule has 104 valence electrons. The van der Waals surface area contributed by atoms with Crippen molar-refractivity contribution < 1.29 is 18.3 Å². The fourth-order valence-electron chi connectivity index (χ4n) is 1.85. The van der Waals surface area contributed by atoms with Crippen molar-refractivity contribution in [3.8, 4) is 0 Å². The Morgan fingerprint density at radius 1 is 0.588 bits per heavy atom. The molecule has 0 rings (SSSR count). The Morgan fingerprint density at radius 3 is 1.29 bits per heavy atom. The predicted octanol–water partition coefficient (Wildman–Crippen LogP) is 4.83. The van der Waals surface area contributed by atoms with Crippen LogP contribution in [-0.4, -0.2) is 17.9 Å². The molecule has 0 aliphatic carbocycles. The van der Waals surface area contributed by atoms with E-state index in [2.05, 4.69) is 0 Å². The van der Waals surface area contributed by atoms with E-state index in [1.54, 1.807) is 0 Å². The largest absolute Gasteiger partial charge is 0.396 e. The zero-order valence-electron chi connectivity index (χ0n) is 10.6. The van der Waals surface area contributed by atoms with Gasteiger partial charge in [0.25, 0.3) is 0 Å². The van der Waals surface area contributed by atoms with Gasteiger partial charge in [-0.25, -0.2) is 0 Å². The maximum atomic E-state index is 11.8. The summed E-state index contributed by atoms with van der Waals surface area (Å²) in [6.07, 6.45) is 4.96. The molecule has 1 N–H and O–H groups in total. The molecule has 0 fully saturated rings. The molecule has 0 atom stereocenters. The Kier molecular flexibility index (Phi) is 10.7. The molecule has 0 radical (unpaired) electrons. The molecule has 0 aromatic carbocycles. The lowest BCUT2D eigenvalue weighted by atomic mass is 10.1. The molecule has 0 unspecified atom stereocenters. The first-order chi connectivity index (χ1) is 8.06. The van der Waals surface area contributed by atoms with Gasteiger partial charge in [0.1, 0.15) is 0 Å². The third-order valence-corrected chi connectivity index (χ3v) is 2.87. The Hall–Kier alpha value is -0.250. The van der Waals surface area contributed by atoms with Gasteiger partial charge < -0.3 is 5.11 Å². The van der Waals surface area contributed by atoms with Gasteiger partial charge in [-0.15, -0.1) is 0 Å². The fourth-order valence-corrected chi connectivity index (χ4v) is 1.85. The maximum absolute atomic E-state index is 11.8. The Bertz CT molecular complexity index is 157. The van der Waals surface area contributed by atoms with Crippen LogP contribution < -0.4 is 0 Å². The number of halogens is 3. The third-order valence-electron chi connectivity index (χ3n) is 2.87. The highest BCUT2D eigenvalue weighted by molar-refractivity contribution is 4.52. The number of aliphatic hydroxyl groups is 1. The van der Waals surface area contributed by atoms with Gasteiger partial charge in [-0.2, -0.15) is 13.2 Å². The van der Waals surface area contributed by atoms with E-state index in [0.29, 0.717) is 6.42 Å². The van der Waals surface area contributed by atoms with E-state index in [0.717, 1.165) is 38.5 Å². The topological polar surface area (TPSA) is 20.2 Å². The van der Waals surface area contributed by atoms with E-state index in [1.807, 2.05) is 0 Å². The van der Waals surface area contributed by atoms with Crippen LogP contribution in [0.1, 0.15) is 70.6 Å². The molecule has 0 aliphatic heterocycles. The summed E-state index contributed by atoms with van der Waals surface area (Å²) in [6.45, 7) is 0.277. The van der Waals surface area contributed by atoms with Crippen molar-refractivity contribution in [2.45, 2.75) is 76.8 Å². The zero-order valence-corrected chi connectivity index (χ0v) is 10.6. The van der Waals surface area contributed by atoms with E-state index in [9.17, 15) is 13.2 Å². The summed E-state index contributed by atoms with van der Waals surface area (Å²) < 4.78 is 35.4. The Morgan fingerprint density at radius 2 is 0.941 bits per heavy atom. The summed E-state index contributed by atoms with van der Waals surface area (Å²) in [6, 6.07) is 0. The highest BCUT2D eigenvalue weighted by Crippen LogP contribution is 2.23. The normalized spacial score (nSPS) is 12.0. The van der Waals surface area contributed by atoms with Crippen molar-refractivity contribution in [2.24, 2.45) is 0 Å². The van der Waals surface area contributed by atoms with Crippen LogP contribution in [0.25, 0.3) is 0 Å². The molecule has 17 heavy (non-hydrogen) atoms. The average Bonchev–Trinajstić information content (AvgIpc) is 2.24. The highest BCUT2D eigenvalue weighted by atomic mass is 19.4. The van der Waals surface area contributed by atoms with Crippen molar-refractivity contribution in [3.05, 3.63) is 0 Å². The zero-order chi connectivity index (χ0) is 13.0. The molecule has 4 heteroatoms. The maximum Gasteiger partial charge on any atom is 0.389 e. The first kappa shape index (κ1) is 16.8. The smallest absolute Gasteiger partial charge is 0.389 e. The van der Waals surface area contributed by atoms with Crippen LogP contribution in [0, 0.1) is 0 Å². The minimum absolute atomic E-state index is 0.277. The minimum atomic E-state index is -3.98. The summed E-state index contributed by atoms with van der Waals surface area (Å²) in [5.74, 6) is 0. The lowest BCUT2D eigenvalue weighted by Crippen LogP contribution is -2.06. The van der Waals surface area contributed by atoms with Crippen LogP contribution in [-0.2, 0) is 0 Å². The van der Waals surface area contributed by atoms with Gasteiger partial charge in [0.15, 0.2) is 0 Å². The second kappa shape index (κ2) is 10.9. The Labute approximate surface area is 102 Å². The number of alkyl halides is 3. The monoisotopic (exact) mass is 254 g/mol. The van der Waals surface area contributed by atoms with E-state index >= 15 is 0 Å². The molecule has 0 aliphatic rings. The second-order valence-corrected chi connectivity index (χ2v) is 4.62. The summed E-state index contributed by atoms with van der Waals surface area (Å²) in [7, 11) is 0. The van der Waals surface area contributed by atoms with Crippen LogP contribution >= 0.6 is 0 Å². The summed E-state index contributed by atoms with van der Waals surface area (Å²) >= 11 is 0. The van der Waals surface area contributed by atoms with Crippen LogP contribution in [0.2, 0.25) is 0 Å². The molecule has 0 bridgehead atoms. The lowest BCUT2D eigenvalue weighted by molar-refractivity contribution is -0.135. The van der Waals surface area contributed by atoms with E-state index in [1.165, 1.54) is 12.8 Å². The van der Waals surface area contributed by atoms with Crippen LogP contribution in [0.15, 0.2) is 0 Å². The van der Waals surface area contributed by atoms with E-state index in [-0.39, 0.29) is 13.0 Å². The van der Waals surface area contributed by atoms with Gasteiger partial charge in [-0.1, -0.05) is 51.4 Å². The van der Waals surface area contributed by atoms with Crippen molar-refractivity contribution >= 4 is 0 Å². The predicted molar refractivity (Wildman–Crippen MR) is 63.9 cm³/mol. The van der Waals surface area contributed by atoms with Crippen molar-refractivity contribution in [1.29, 1.82) is 0 Å². The molecular formula is C13H25F3O. The van der Waals surface area contributed by atoms with E-state index in [4.69, 9.17) is 5.11 Å². The SMILES string of the molecule is OCCCCCCCCCCCCC(F)(F)F. The number of aliphatic hydroxyl groups excluding tert-OH is 1.